The number of rotatable bonds is 5. The predicted octanol–water partition coefficient (Wildman–Crippen LogP) is 3.20. The summed E-state index contributed by atoms with van der Waals surface area (Å²) in [6, 6.07) is 4.38. The third-order valence-electron chi connectivity index (χ3n) is 3.19. The van der Waals surface area contributed by atoms with Crippen LogP contribution >= 0.6 is 0 Å². The molecule has 0 spiro atoms. The summed E-state index contributed by atoms with van der Waals surface area (Å²) in [7, 11) is 0. The van der Waals surface area contributed by atoms with Crippen molar-refractivity contribution in [3.63, 3.8) is 0 Å². The van der Waals surface area contributed by atoms with Crippen molar-refractivity contribution in [2.45, 2.75) is 40.2 Å². The highest BCUT2D eigenvalue weighted by molar-refractivity contribution is 5.71. The maximum atomic E-state index is 11.1. The van der Waals surface area contributed by atoms with E-state index in [2.05, 4.69) is 5.32 Å². The van der Waals surface area contributed by atoms with Gasteiger partial charge in [0.15, 0.2) is 0 Å². The van der Waals surface area contributed by atoms with Crippen molar-refractivity contribution in [2.75, 3.05) is 5.32 Å². The normalized spacial score (nSPS) is 12.8. The van der Waals surface area contributed by atoms with E-state index in [1.54, 1.807) is 19.1 Å². The molecule has 0 aromatic heterocycles. The molecule has 1 rings (SSSR count). The monoisotopic (exact) mass is 280 g/mol. The highest BCUT2D eigenvalue weighted by atomic mass is 16.6. The Kier molecular flexibility index (Phi) is 4.70. The molecule has 0 saturated heterocycles. The fourth-order valence-electron chi connectivity index (χ4n) is 1.91. The molecular weight excluding hydrogens is 260 g/mol. The first-order valence-electron chi connectivity index (χ1n) is 6.35. The Hall–Kier alpha value is -2.11. The van der Waals surface area contributed by atoms with Gasteiger partial charge in [-0.05, 0) is 17.9 Å². The average molecular weight is 280 g/mol. The molecule has 0 fully saturated rings. The van der Waals surface area contributed by atoms with Crippen LogP contribution in [0.4, 0.5) is 11.4 Å². The summed E-state index contributed by atoms with van der Waals surface area (Å²) in [6.07, 6.45) is -0.102. The smallest absolute Gasteiger partial charge is 0.305 e. The number of nitrogens with one attached hydrogen (secondary N) is 1. The molecule has 2 N–H and O–H groups in total. The molecule has 20 heavy (non-hydrogen) atoms. The van der Waals surface area contributed by atoms with E-state index < -0.39 is 16.9 Å². The van der Waals surface area contributed by atoms with E-state index in [1.807, 2.05) is 20.8 Å². The van der Waals surface area contributed by atoms with Crippen molar-refractivity contribution in [3.8, 4) is 0 Å². The van der Waals surface area contributed by atoms with Gasteiger partial charge in [0.25, 0.3) is 5.69 Å². The zero-order valence-electron chi connectivity index (χ0n) is 12.1. The number of carboxylic acids is 1. The summed E-state index contributed by atoms with van der Waals surface area (Å²) in [4.78, 5) is 21.6. The van der Waals surface area contributed by atoms with Crippen LogP contribution in [0.2, 0.25) is 0 Å². The van der Waals surface area contributed by atoms with Crippen LogP contribution < -0.4 is 5.32 Å². The molecule has 0 heterocycles. The zero-order valence-corrected chi connectivity index (χ0v) is 12.1. The number of carbonyl (C=O) groups is 1. The van der Waals surface area contributed by atoms with Crippen LogP contribution in [0.1, 0.15) is 32.8 Å². The number of carboxylic acid groups (broad SMARTS) is 1. The van der Waals surface area contributed by atoms with E-state index >= 15 is 0 Å². The van der Waals surface area contributed by atoms with Gasteiger partial charge in [0, 0.05) is 12.1 Å². The second kappa shape index (κ2) is 5.90. The number of para-hydroxylation sites is 1. The van der Waals surface area contributed by atoms with E-state index in [0.717, 1.165) is 5.56 Å². The number of hydrogen-bond donors (Lipinski definition) is 2. The van der Waals surface area contributed by atoms with Crippen LogP contribution in [-0.4, -0.2) is 22.0 Å². The fraction of sp³-hybridized carbons (Fsp3) is 0.500. The molecule has 110 valence electrons. The largest absolute Gasteiger partial charge is 0.481 e. The minimum Gasteiger partial charge on any atom is -0.481 e. The average Bonchev–Trinajstić information content (AvgIpc) is 2.28. The van der Waals surface area contributed by atoms with E-state index in [-0.39, 0.29) is 17.5 Å². The number of nitrogens with zero attached hydrogens (tertiary/aromatic N) is 1. The first-order valence-corrected chi connectivity index (χ1v) is 6.35. The summed E-state index contributed by atoms with van der Waals surface area (Å²) in [6.45, 7) is 7.46. The van der Waals surface area contributed by atoms with Crippen LogP contribution in [0.3, 0.4) is 0 Å². The number of nitro groups is 1. The van der Waals surface area contributed by atoms with Gasteiger partial charge in [0.05, 0.1) is 11.3 Å². The number of aliphatic carboxylic acids is 1. The molecule has 0 amide bonds. The molecule has 6 nitrogen and oxygen atoms in total. The topological polar surface area (TPSA) is 92.5 Å². The van der Waals surface area contributed by atoms with Crippen LogP contribution in [-0.2, 0) is 4.79 Å². The van der Waals surface area contributed by atoms with Gasteiger partial charge in [-0.1, -0.05) is 32.9 Å². The molecule has 0 aliphatic heterocycles. The van der Waals surface area contributed by atoms with Crippen molar-refractivity contribution in [2.24, 2.45) is 5.41 Å². The third kappa shape index (κ3) is 3.94. The molecule has 0 saturated carbocycles. The Morgan fingerprint density at radius 2 is 2.05 bits per heavy atom. The Balaban J connectivity index is 3.17. The summed E-state index contributed by atoms with van der Waals surface area (Å²) in [5.41, 5.74) is 0.733. The zero-order chi connectivity index (χ0) is 15.5. The first-order chi connectivity index (χ1) is 9.12. The molecule has 0 aliphatic carbocycles. The third-order valence-corrected chi connectivity index (χ3v) is 3.19. The SMILES string of the molecule is Cc1cccc([N+](=O)[O-])c1NC(CC(=O)O)C(C)(C)C. The lowest BCUT2D eigenvalue weighted by Crippen LogP contribution is -2.36. The van der Waals surface area contributed by atoms with E-state index in [4.69, 9.17) is 5.11 Å². The Labute approximate surface area is 118 Å². The van der Waals surface area contributed by atoms with E-state index in [1.165, 1.54) is 6.07 Å². The van der Waals surface area contributed by atoms with E-state index in [9.17, 15) is 14.9 Å². The summed E-state index contributed by atoms with van der Waals surface area (Å²) in [5.74, 6) is -0.936. The lowest BCUT2D eigenvalue weighted by atomic mass is 9.84. The Morgan fingerprint density at radius 1 is 1.45 bits per heavy atom. The number of anilines is 1. The first kappa shape index (κ1) is 15.9. The number of benzene rings is 1. The van der Waals surface area contributed by atoms with Crippen molar-refractivity contribution in [1.29, 1.82) is 0 Å². The maximum Gasteiger partial charge on any atom is 0.305 e. The minimum absolute atomic E-state index is 0.0374. The molecule has 0 aliphatic rings. The molecular formula is C14H20N2O4. The fourth-order valence-corrected chi connectivity index (χ4v) is 1.91. The Bertz CT molecular complexity index is 520. The van der Waals surface area contributed by atoms with Gasteiger partial charge in [0.2, 0.25) is 0 Å². The van der Waals surface area contributed by atoms with Crippen molar-refractivity contribution < 1.29 is 14.8 Å². The number of aryl methyl sites for hydroxylation is 1. The summed E-state index contributed by atoms with van der Waals surface area (Å²) >= 11 is 0. The van der Waals surface area contributed by atoms with E-state index in [0.29, 0.717) is 5.69 Å². The lowest BCUT2D eigenvalue weighted by Gasteiger charge is -2.31. The second-order valence-electron chi connectivity index (χ2n) is 5.89. The molecule has 0 bridgehead atoms. The maximum absolute atomic E-state index is 11.1. The summed E-state index contributed by atoms with van der Waals surface area (Å²) in [5, 5.41) is 23.1. The second-order valence-corrected chi connectivity index (χ2v) is 5.89. The van der Waals surface area contributed by atoms with Gasteiger partial charge in [-0.2, -0.15) is 0 Å². The van der Waals surface area contributed by atoms with Crippen LogP contribution in [0.5, 0.6) is 0 Å². The van der Waals surface area contributed by atoms with Crippen molar-refractivity contribution >= 4 is 17.3 Å². The van der Waals surface area contributed by atoms with Crippen molar-refractivity contribution in [3.05, 3.63) is 33.9 Å². The Morgan fingerprint density at radius 3 is 2.50 bits per heavy atom. The molecule has 6 heteroatoms. The number of hydrogen-bond acceptors (Lipinski definition) is 4. The highest BCUT2D eigenvalue weighted by Gasteiger charge is 2.29. The lowest BCUT2D eigenvalue weighted by molar-refractivity contribution is -0.384. The highest BCUT2D eigenvalue weighted by Crippen LogP contribution is 2.32. The molecule has 1 aromatic rings. The summed E-state index contributed by atoms with van der Waals surface area (Å²) < 4.78 is 0. The van der Waals surface area contributed by atoms with Gasteiger partial charge >= 0.3 is 5.97 Å². The standard InChI is InChI=1S/C14H20N2O4/c1-9-6-5-7-10(16(19)20)13(9)15-11(8-12(17)18)14(2,3)4/h5-7,11,15H,8H2,1-4H3,(H,17,18). The van der Waals surface area contributed by atoms with Crippen LogP contribution in [0.15, 0.2) is 18.2 Å². The van der Waals surface area contributed by atoms with Gasteiger partial charge in [-0.25, -0.2) is 0 Å². The number of nitro benzene ring substituents is 1. The minimum atomic E-state index is -0.936. The van der Waals surface area contributed by atoms with Gasteiger partial charge in [0.1, 0.15) is 5.69 Å². The van der Waals surface area contributed by atoms with Crippen molar-refractivity contribution in [1.82, 2.24) is 0 Å². The molecule has 0 radical (unpaired) electrons. The van der Waals surface area contributed by atoms with Gasteiger partial charge in [-0.15, -0.1) is 0 Å². The molecule has 1 unspecified atom stereocenters. The van der Waals surface area contributed by atoms with Crippen LogP contribution in [0.25, 0.3) is 0 Å². The quantitative estimate of drug-likeness (QED) is 0.638. The molecule has 1 atom stereocenters. The van der Waals surface area contributed by atoms with Gasteiger partial charge in [-0.3, -0.25) is 14.9 Å². The van der Waals surface area contributed by atoms with Crippen LogP contribution in [0, 0.1) is 22.5 Å². The molecule has 1 aromatic carbocycles. The predicted molar refractivity (Wildman–Crippen MR) is 77.0 cm³/mol. The van der Waals surface area contributed by atoms with Gasteiger partial charge < -0.3 is 10.4 Å².